The van der Waals surface area contributed by atoms with E-state index in [1.807, 2.05) is 31.2 Å². The van der Waals surface area contributed by atoms with E-state index in [4.69, 9.17) is 4.74 Å². The zero-order chi connectivity index (χ0) is 24.3. The van der Waals surface area contributed by atoms with Crippen LogP contribution in [-0.2, 0) is 21.3 Å². The first kappa shape index (κ1) is 23.3. The summed E-state index contributed by atoms with van der Waals surface area (Å²) in [6, 6.07) is 20.6. The number of ketones is 1. The summed E-state index contributed by atoms with van der Waals surface area (Å²) in [4.78, 5) is 24.6. The van der Waals surface area contributed by atoms with E-state index < -0.39 is 21.8 Å². The summed E-state index contributed by atoms with van der Waals surface area (Å²) in [6.07, 6.45) is 1.20. The van der Waals surface area contributed by atoms with E-state index in [9.17, 15) is 18.0 Å². The monoisotopic (exact) mass is 476 g/mol. The third-order valence-corrected chi connectivity index (χ3v) is 7.19. The summed E-state index contributed by atoms with van der Waals surface area (Å²) >= 11 is 0. The van der Waals surface area contributed by atoms with Crippen LogP contribution < -0.4 is 9.62 Å². The first-order valence-corrected chi connectivity index (χ1v) is 12.2. The fourth-order valence-electron chi connectivity index (χ4n) is 3.62. The molecule has 0 unspecified atom stereocenters. The molecule has 1 heterocycles. The molecule has 1 aliphatic heterocycles. The Labute approximate surface area is 198 Å². The van der Waals surface area contributed by atoms with Crippen molar-refractivity contribution < 1.29 is 22.7 Å². The number of Topliss-reactive ketones (excluding diaryl/α,β-unsaturated/α-hetero) is 1. The predicted molar refractivity (Wildman–Crippen MR) is 131 cm³/mol. The van der Waals surface area contributed by atoms with E-state index in [1.165, 1.54) is 10.5 Å². The number of hydrogen-bond donors (Lipinski definition) is 1. The normalized spacial score (nSPS) is 15.6. The lowest BCUT2D eigenvalue weighted by Gasteiger charge is -2.31. The minimum Gasteiger partial charge on any atom is -0.462 e. The topological polar surface area (TPSA) is 92.8 Å². The Bertz CT molecular complexity index is 1360. The zero-order valence-corrected chi connectivity index (χ0v) is 19.6. The molecule has 174 valence electrons. The number of benzene rings is 3. The second kappa shape index (κ2) is 9.52. The fourth-order valence-corrected chi connectivity index (χ4v) is 5.14. The van der Waals surface area contributed by atoms with Crippen LogP contribution in [0, 0.1) is 6.92 Å². The van der Waals surface area contributed by atoms with Crippen LogP contribution in [-0.4, -0.2) is 26.8 Å². The second-order valence-electron chi connectivity index (χ2n) is 7.79. The van der Waals surface area contributed by atoms with Crippen LogP contribution in [0.3, 0.4) is 0 Å². The van der Waals surface area contributed by atoms with Crippen molar-refractivity contribution in [1.82, 2.24) is 0 Å². The molecule has 0 spiro atoms. The van der Waals surface area contributed by atoms with Crippen LogP contribution >= 0.6 is 0 Å². The van der Waals surface area contributed by atoms with Crippen molar-refractivity contribution in [1.29, 1.82) is 0 Å². The average molecular weight is 477 g/mol. The van der Waals surface area contributed by atoms with Gasteiger partial charge in [0.15, 0.2) is 4.91 Å². The summed E-state index contributed by atoms with van der Waals surface area (Å²) in [7, 11) is -4.13. The zero-order valence-electron chi connectivity index (χ0n) is 18.8. The van der Waals surface area contributed by atoms with E-state index in [-0.39, 0.29) is 18.1 Å². The highest BCUT2D eigenvalue weighted by Crippen LogP contribution is 2.36. The van der Waals surface area contributed by atoms with Crippen molar-refractivity contribution in [3.05, 3.63) is 106 Å². The number of ether oxygens (including phenoxy) is 1. The lowest BCUT2D eigenvalue weighted by molar-refractivity contribution is 0.0526. The number of nitrogens with one attached hydrogen (secondary N) is 1. The molecule has 0 saturated heterocycles. The van der Waals surface area contributed by atoms with Gasteiger partial charge in [-0.1, -0.05) is 42.0 Å². The third-order valence-electron chi connectivity index (χ3n) is 5.42. The summed E-state index contributed by atoms with van der Waals surface area (Å²) in [5.41, 5.74) is 3.44. The maximum absolute atomic E-state index is 13.5. The van der Waals surface area contributed by atoms with E-state index >= 15 is 0 Å². The quantitative estimate of drug-likeness (QED) is 0.411. The smallest absolute Gasteiger partial charge is 0.338 e. The molecular formula is C26H24N2O5S. The van der Waals surface area contributed by atoms with Gasteiger partial charge >= 0.3 is 5.97 Å². The lowest BCUT2D eigenvalue weighted by Crippen LogP contribution is -2.39. The van der Waals surface area contributed by atoms with Crippen molar-refractivity contribution in [2.24, 2.45) is 0 Å². The number of para-hydroxylation sites is 1. The molecule has 8 heteroatoms. The highest BCUT2D eigenvalue weighted by molar-refractivity contribution is 7.97. The Morgan fingerprint density at radius 1 is 1.00 bits per heavy atom. The van der Waals surface area contributed by atoms with Gasteiger partial charge in [-0.3, -0.25) is 9.10 Å². The first-order chi connectivity index (χ1) is 16.3. The molecule has 1 aliphatic rings. The summed E-state index contributed by atoms with van der Waals surface area (Å²) < 4.78 is 33.3. The van der Waals surface area contributed by atoms with Crippen molar-refractivity contribution in [2.45, 2.75) is 20.4 Å². The minimum absolute atomic E-state index is 0.0957. The van der Waals surface area contributed by atoms with Crippen LogP contribution in [0.2, 0.25) is 0 Å². The number of esters is 1. The van der Waals surface area contributed by atoms with Gasteiger partial charge in [0.25, 0.3) is 10.0 Å². The number of fused-ring (bicyclic) bond motifs is 1. The van der Waals surface area contributed by atoms with Crippen LogP contribution in [0.1, 0.15) is 38.8 Å². The molecule has 1 N–H and O–H groups in total. The van der Waals surface area contributed by atoms with Gasteiger partial charge < -0.3 is 10.1 Å². The number of allylic oxidation sites excluding steroid dienone is 1. The molecule has 3 aromatic carbocycles. The SMILES string of the molecule is CCOC(=O)c1ccc(NC=C2C(=O)c3ccccc3N(Cc3ccc(C)cc3)S2(=O)=O)cc1. The van der Waals surface area contributed by atoms with Crippen molar-refractivity contribution >= 4 is 33.2 Å². The summed E-state index contributed by atoms with van der Waals surface area (Å²) in [5, 5.41) is 2.88. The van der Waals surface area contributed by atoms with Crippen LogP contribution in [0.15, 0.2) is 83.9 Å². The minimum atomic E-state index is -4.13. The van der Waals surface area contributed by atoms with Gasteiger partial charge in [-0.2, -0.15) is 0 Å². The molecule has 0 aromatic heterocycles. The molecule has 0 bridgehead atoms. The number of aryl methyl sites for hydroxylation is 1. The number of carbonyl (C=O) groups excluding carboxylic acids is 2. The highest BCUT2D eigenvalue weighted by Gasteiger charge is 2.40. The molecule has 0 atom stereocenters. The van der Waals surface area contributed by atoms with E-state index in [0.29, 0.717) is 22.5 Å². The molecule has 4 rings (SSSR count). The molecular weight excluding hydrogens is 452 g/mol. The van der Waals surface area contributed by atoms with E-state index in [1.54, 1.807) is 55.5 Å². The Morgan fingerprint density at radius 2 is 1.68 bits per heavy atom. The molecule has 0 radical (unpaired) electrons. The van der Waals surface area contributed by atoms with E-state index in [2.05, 4.69) is 5.32 Å². The van der Waals surface area contributed by atoms with Crippen molar-refractivity contribution in [2.75, 3.05) is 16.2 Å². The lowest BCUT2D eigenvalue weighted by atomic mass is 10.1. The Morgan fingerprint density at radius 3 is 2.35 bits per heavy atom. The maximum Gasteiger partial charge on any atom is 0.338 e. The predicted octanol–water partition coefficient (Wildman–Crippen LogP) is 4.66. The van der Waals surface area contributed by atoms with E-state index in [0.717, 1.165) is 11.1 Å². The molecule has 0 fully saturated rings. The highest BCUT2D eigenvalue weighted by atomic mass is 32.2. The Balaban J connectivity index is 1.67. The Hall–Kier alpha value is -3.91. The Kier molecular flexibility index (Phi) is 6.51. The number of hydrogen-bond acceptors (Lipinski definition) is 6. The van der Waals surface area contributed by atoms with Crippen LogP contribution in [0.4, 0.5) is 11.4 Å². The third kappa shape index (κ3) is 4.58. The molecule has 7 nitrogen and oxygen atoms in total. The second-order valence-corrected chi connectivity index (χ2v) is 9.63. The molecule has 34 heavy (non-hydrogen) atoms. The molecule has 0 amide bonds. The fraction of sp³-hybridized carbons (Fsp3) is 0.154. The number of sulfonamides is 1. The van der Waals surface area contributed by atoms with Crippen LogP contribution in [0.5, 0.6) is 0 Å². The van der Waals surface area contributed by atoms with Gasteiger partial charge in [-0.15, -0.1) is 0 Å². The van der Waals surface area contributed by atoms with Gasteiger partial charge in [0.05, 0.1) is 24.4 Å². The number of rotatable bonds is 6. The number of nitrogens with zero attached hydrogens (tertiary/aromatic N) is 1. The number of carbonyl (C=O) groups is 2. The molecule has 0 saturated carbocycles. The van der Waals surface area contributed by atoms with Gasteiger partial charge in [0, 0.05) is 17.5 Å². The van der Waals surface area contributed by atoms with Gasteiger partial charge in [-0.05, 0) is 55.8 Å². The molecule has 3 aromatic rings. The largest absolute Gasteiger partial charge is 0.462 e. The standard InChI is InChI=1S/C26H24N2O5S/c1-3-33-26(30)20-12-14-21(15-13-20)27-16-24-25(29)22-6-4-5-7-23(22)28(34(24,31)32)17-19-10-8-18(2)9-11-19/h4-16,27H,3,17H2,1-2H3. The first-order valence-electron chi connectivity index (χ1n) is 10.8. The van der Waals surface area contributed by atoms with Crippen molar-refractivity contribution in [3.8, 4) is 0 Å². The van der Waals surface area contributed by atoms with Gasteiger partial charge in [0.1, 0.15) is 0 Å². The number of anilines is 2. The maximum atomic E-state index is 13.5. The summed E-state index contributed by atoms with van der Waals surface area (Å²) in [6.45, 7) is 4.05. The average Bonchev–Trinajstić information content (AvgIpc) is 2.83. The molecule has 0 aliphatic carbocycles. The van der Waals surface area contributed by atoms with Crippen molar-refractivity contribution in [3.63, 3.8) is 0 Å². The van der Waals surface area contributed by atoms with Gasteiger partial charge in [0.2, 0.25) is 5.78 Å². The van der Waals surface area contributed by atoms with Crippen LogP contribution in [0.25, 0.3) is 0 Å². The van der Waals surface area contributed by atoms with Gasteiger partial charge in [-0.25, -0.2) is 13.2 Å². The summed E-state index contributed by atoms with van der Waals surface area (Å²) in [5.74, 6) is -1.02.